The first-order chi connectivity index (χ1) is 12.1. The van der Waals surface area contributed by atoms with Gasteiger partial charge in [-0.3, -0.25) is 9.59 Å². The number of carbonyl (C=O) groups is 1. The Morgan fingerprint density at radius 3 is 2.52 bits per heavy atom. The summed E-state index contributed by atoms with van der Waals surface area (Å²) >= 11 is 0. The van der Waals surface area contributed by atoms with Crippen LogP contribution in [-0.2, 0) is 11.2 Å². The molecule has 5 heteroatoms. The molecule has 1 fully saturated rings. The van der Waals surface area contributed by atoms with E-state index in [1.165, 1.54) is 6.07 Å². The van der Waals surface area contributed by atoms with Gasteiger partial charge >= 0.3 is 5.97 Å². The number of fused-ring (bicyclic) bond motifs is 1. The lowest BCUT2D eigenvalue weighted by Crippen LogP contribution is -2.16. The molecule has 1 saturated carbocycles. The van der Waals surface area contributed by atoms with Crippen molar-refractivity contribution in [3.8, 4) is 11.5 Å². The monoisotopic (exact) mass is 335 g/mol. The number of pyridine rings is 1. The zero-order valence-electron chi connectivity index (χ0n) is 13.5. The highest BCUT2D eigenvalue weighted by molar-refractivity contribution is 5.82. The summed E-state index contributed by atoms with van der Waals surface area (Å²) in [5.41, 5.74) is 1.15. The van der Waals surface area contributed by atoms with Crippen LogP contribution in [0.3, 0.4) is 0 Å². The molecule has 0 aliphatic heterocycles. The maximum Gasteiger partial charge on any atom is 0.309 e. The van der Waals surface area contributed by atoms with Crippen LogP contribution in [0, 0.1) is 0 Å². The van der Waals surface area contributed by atoms with Crippen LogP contribution in [0.2, 0.25) is 0 Å². The molecule has 4 rings (SSSR count). The minimum Gasteiger partial charge on any atom is -0.481 e. The Morgan fingerprint density at radius 1 is 1.08 bits per heavy atom. The maximum atomic E-state index is 12.5. The summed E-state index contributed by atoms with van der Waals surface area (Å²) < 4.78 is 7.81. The lowest BCUT2D eigenvalue weighted by molar-refractivity contribution is -0.136. The van der Waals surface area contributed by atoms with Crippen LogP contribution in [0.4, 0.5) is 0 Å². The summed E-state index contributed by atoms with van der Waals surface area (Å²) in [5.74, 6) is 0.355. The fraction of sp³-hybridized carbons (Fsp3) is 0.200. The highest BCUT2D eigenvalue weighted by Gasteiger charge is 2.27. The van der Waals surface area contributed by atoms with Crippen LogP contribution in [0.5, 0.6) is 11.5 Å². The number of hydrogen-bond donors (Lipinski definition) is 1. The third-order valence-corrected chi connectivity index (χ3v) is 4.32. The van der Waals surface area contributed by atoms with E-state index in [0.29, 0.717) is 22.6 Å². The van der Waals surface area contributed by atoms with Gasteiger partial charge in [0.2, 0.25) is 0 Å². The van der Waals surface area contributed by atoms with Crippen LogP contribution >= 0.6 is 0 Å². The van der Waals surface area contributed by atoms with Gasteiger partial charge in [0.1, 0.15) is 11.5 Å². The summed E-state index contributed by atoms with van der Waals surface area (Å²) in [6.07, 6.45) is 1.86. The predicted molar refractivity (Wildman–Crippen MR) is 94.3 cm³/mol. The van der Waals surface area contributed by atoms with Crippen molar-refractivity contribution in [3.63, 3.8) is 0 Å². The molecule has 0 saturated heterocycles. The Labute approximate surface area is 144 Å². The SMILES string of the molecule is O=C(O)Cc1cc(=O)c2cc(Oc3ccccc3)ccc2n1C1CC1. The van der Waals surface area contributed by atoms with Gasteiger partial charge in [0, 0.05) is 23.2 Å². The fourth-order valence-corrected chi connectivity index (χ4v) is 3.12. The number of hydrogen-bond acceptors (Lipinski definition) is 3. The molecule has 1 aliphatic carbocycles. The molecule has 3 aromatic rings. The Morgan fingerprint density at radius 2 is 1.84 bits per heavy atom. The average Bonchev–Trinajstić information content (AvgIpc) is 3.41. The van der Waals surface area contributed by atoms with E-state index in [1.54, 1.807) is 6.07 Å². The number of nitrogens with zero attached hydrogens (tertiary/aromatic N) is 1. The molecule has 0 unspecified atom stereocenters. The largest absolute Gasteiger partial charge is 0.481 e. The molecule has 0 radical (unpaired) electrons. The Kier molecular flexibility index (Phi) is 3.76. The number of aliphatic carboxylic acids is 1. The Balaban J connectivity index is 1.81. The average molecular weight is 335 g/mol. The van der Waals surface area contributed by atoms with Gasteiger partial charge in [-0.25, -0.2) is 0 Å². The van der Waals surface area contributed by atoms with Crippen molar-refractivity contribution in [3.05, 3.63) is 70.5 Å². The Hall–Kier alpha value is -3.08. The smallest absolute Gasteiger partial charge is 0.309 e. The minimum absolute atomic E-state index is 0.149. The van der Waals surface area contributed by atoms with Gasteiger partial charge in [0.15, 0.2) is 5.43 Å². The van der Waals surface area contributed by atoms with E-state index in [2.05, 4.69) is 0 Å². The lowest BCUT2D eigenvalue weighted by atomic mass is 10.1. The van der Waals surface area contributed by atoms with E-state index in [1.807, 2.05) is 47.0 Å². The molecular formula is C20H17NO4. The van der Waals surface area contributed by atoms with E-state index >= 15 is 0 Å². The van der Waals surface area contributed by atoms with E-state index < -0.39 is 5.97 Å². The molecular weight excluding hydrogens is 318 g/mol. The van der Waals surface area contributed by atoms with Crippen LogP contribution in [-0.4, -0.2) is 15.6 Å². The maximum absolute atomic E-state index is 12.5. The Bertz CT molecular complexity index is 1000. The number of ether oxygens (including phenoxy) is 1. The molecule has 0 bridgehead atoms. The van der Waals surface area contributed by atoms with Crippen LogP contribution < -0.4 is 10.2 Å². The number of carboxylic acids is 1. The van der Waals surface area contributed by atoms with Gasteiger partial charge in [0.05, 0.1) is 11.9 Å². The summed E-state index contributed by atoms with van der Waals surface area (Å²) in [6, 6.07) is 16.5. The summed E-state index contributed by atoms with van der Waals surface area (Å²) in [4.78, 5) is 23.7. The van der Waals surface area contributed by atoms with Crippen molar-refractivity contribution in [1.29, 1.82) is 0 Å². The van der Waals surface area contributed by atoms with Crippen molar-refractivity contribution in [1.82, 2.24) is 4.57 Å². The van der Waals surface area contributed by atoms with Crippen LogP contribution in [0.25, 0.3) is 10.9 Å². The third kappa shape index (κ3) is 3.13. The van der Waals surface area contributed by atoms with Crippen molar-refractivity contribution in [2.45, 2.75) is 25.3 Å². The normalized spacial score (nSPS) is 13.8. The molecule has 0 spiro atoms. The van der Waals surface area contributed by atoms with Crippen molar-refractivity contribution >= 4 is 16.9 Å². The van der Waals surface area contributed by atoms with E-state index in [4.69, 9.17) is 9.84 Å². The molecule has 25 heavy (non-hydrogen) atoms. The van der Waals surface area contributed by atoms with Crippen LogP contribution in [0.15, 0.2) is 59.4 Å². The highest BCUT2D eigenvalue weighted by atomic mass is 16.5. The minimum atomic E-state index is -0.933. The van der Waals surface area contributed by atoms with E-state index in [9.17, 15) is 9.59 Å². The molecule has 1 aliphatic rings. The van der Waals surface area contributed by atoms with Crippen molar-refractivity contribution < 1.29 is 14.6 Å². The lowest BCUT2D eigenvalue weighted by Gasteiger charge is -2.16. The first-order valence-corrected chi connectivity index (χ1v) is 8.25. The number of benzene rings is 2. The summed E-state index contributed by atoms with van der Waals surface area (Å²) in [7, 11) is 0. The van der Waals surface area contributed by atoms with Crippen molar-refractivity contribution in [2.24, 2.45) is 0 Å². The van der Waals surface area contributed by atoms with Gasteiger partial charge < -0.3 is 14.4 Å². The number of para-hydroxylation sites is 1. The van der Waals surface area contributed by atoms with Crippen molar-refractivity contribution in [2.75, 3.05) is 0 Å². The molecule has 1 heterocycles. The third-order valence-electron chi connectivity index (χ3n) is 4.32. The first kappa shape index (κ1) is 15.4. The second kappa shape index (κ2) is 6.09. The second-order valence-electron chi connectivity index (χ2n) is 6.27. The molecule has 1 N–H and O–H groups in total. The molecule has 2 aromatic carbocycles. The first-order valence-electron chi connectivity index (χ1n) is 8.25. The van der Waals surface area contributed by atoms with Gasteiger partial charge in [-0.05, 0) is 43.2 Å². The van der Waals surface area contributed by atoms with Gasteiger partial charge in [-0.1, -0.05) is 18.2 Å². The van der Waals surface area contributed by atoms with Crippen LogP contribution in [0.1, 0.15) is 24.6 Å². The van der Waals surface area contributed by atoms with E-state index in [0.717, 1.165) is 18.4 Å². The summed E-state index contributed by atoms with van der Waals surface area (Å²) in [5, 5.41) is 9.68. The second-order valence-corrected chi connectivity index (χ2v) is 6.27. The highest BCUT2D eigenvalue weighted by Crippen LogP contribution is 2.38. The zero-order chi connectivity index (χ0) is 17.4. The number of rotatable bonds is 5. The molecule has 126 valence electrons. The predicted octanol–water partition coefficient (Wildman–Crippen LogP) is 3.76. The van der Waals surface area contributed by atoms with Gasteiger partial charge in [-0.2, -0.15) is 0 Å². The number of aromatic nitrogens is 1. The van der Waals surface area contributed by atoms with E-state index in [-0.39, 0.29) is 17.9 Å². The van der Waals surface area contributed by atoms with Gasteiger partial charge in [0.25, 0.3) is 0 Å². The quantitative estimate of drug-likeness (QED) is 0.771. The zero-order valence-corrected chi connectivity index (χ0v) is 13.5. The molecule has 1 aromatic heterocycles. The van der Waals surface area contributed by atoms with Gasteiger partial charge in [-0.15, -0.1) is 0 Å². The topological polar surface area (TPSA) is 68.5 Å². The standard InChI is InChI=1S/C20H17NO4/c22-19-10-14(11-20(23)24)21(13-6-7-13)18-9-8-16(12-17(18)19)25-15-4-2-1-3-5-15/h1-5,8-10,12-13H,6-7,11H2,(H,23,24). The fourth-order valence-electron chi connectivity index (χ4n) is 3.12. The summed E-state index contributed by atoms with van der Waals surface area (Å²) in [6.45, 7) is 0. The number of carboxylic acid groups (broad SMARTS) is 1. The molecule has 0 atom stereocenters. The molecule has 0 amide bonds. The molecule has 5 nitrogen and oxygen atoms in total.